The Bertz CT molecular complexity index is 716. The maximum absolute atomic E-state index is 2.38. The molecular weight excluding hydrogens is 450 g/mol. The Morgan fingerprint density at radius 1 is 0.704 bits per heavy atom. The monoisotopic (exact) mass is 473 g/mol. The van der Waals surface area contributed by atoms with Gasteiger partial charge in [-0.3, -0.25) is 0 Å². The number of fused-ring (bicyclic) bond motifs is 2. The van der Waals surface area contributed by atoms with Crippen LogP contribution in [0.1, 0.15) is 66.7 Å². The average molecular weight is 476 g/mol. The summed E-state index contributed by atoms with van der Waals surface area (Å²) in [6.45, 7) is 2.34. The number of hydrogen-bond acceptors (Lipinski definition) is 0. The molecule has 2 aliphatic carbocycles. The minimum absolute atomic E-state index is 0. The molecule has 0 amide bonds. The van der Waals surface area contributed by atoms with Crippen molar-refractivity contribution in [1.29, 1.82) is 0 Å². The molecule has 4 rings (SSSR count). The van der Waals surface area contributed by atoms with Crippen molar-refractivity contribution in [3.05, 3.63) is 88.9 Å². The van der Waals surface area contributed by atoms with Gasteiger partial charge in [-0.2, -0.15) is 19.8 Å². The molecule has 2 atom stereocenters. The Kier molecular flexibility index (Phi) is 10.3. The molecule has 0 heterocycles. The topological polar surface area (TPSA) is 0 Å². The summed E-state index contributed by atoms with van der Waals surface area (Å²) in [6, 6.07) is 17.6. The zero-order chi connectivity index (χ0) is 16.4. The molecule has 0 N–H and O–H groups in total. The molecule has 0 saturated carbocycles. The fourth-order valence-corrected chi connectivity index (χ4v) is 4.08. The second-order valence-corrected chi connectivity index (χ2v) is 7.22. The molecule has 3 heteroatoms. The van der Waals surface area contributed by atoms with Crippen molar-refractivity contribution in [2.24, 2.45) is 0 Å². The molecule has 2 unspecified atom stereocenters. The normalized spacial score (nSPS) is 18.3. The van der Waals surface area contributed by atoms with Gasteiger partial charge in [0, 0.05) is 11.8 Å². The Morgan fingerprint density at radius 2 is 1.11 bits per heavy atom. The van der Waals surface area contributed by atoms with Crippen LogP contribution in [0.5, 0.6) is 0 Å². The molecule has 0 aliphatic heterocycles. The van der Waals surface area contributed by atoms with Crippen LogP contribution in [0.2, 0.25) is 0 Å². The summed E-state index contributed by atoms with van der Waals surface area (Å²) in [5.41, 5.74) is 5.84. The maximum atomic E-state index is 2.38. The van der Waals surface area contributed by atoms with Crippen LogP contribution in [0.25, 0.3) is 12.2 Å². The van der Waals surface area contributed by atoms with Crippen LogP contribution in [0.15, 0.2) is 60.7 Å². The van der Waals surface area contributed by atoms with Gasteiger partial charge in [0.15, 0.2) is 0 Å². The fourth-order valence-electron chi connectivity index (χ4n) is 4.08. The van der Waals surface area contributed by atoms with Gasteiger partial charge in [-0.15, -0.1) is 0 Å². The van der Waals surface area contributed by atoms with Gasteiger partial charge < -0.3 is 30.7 Å². The molecule has 2 aromatic rings. The van der Waals surface area contributed by atoms with E-state index in [1.54, 1.807) is 5.92 Å². The van der Waals surface area contributed by atoms with Crippen LogP contribution < -0.4 is 24.8 Å². The third-order valence-electron chi connectivity index (χ3n) is 5.57. The quantitative estimate of drug-likeness (QED) is 0.542. The van der Waals surface area contributed by atoms with Crippen LogP contribution in [0.4, 0.5) is 0 Å². The molecule has 1 radical (unpaired) electrons. The summed E-state index contributed by atoms with van der Waals surface area (Å²) in [6.07, 6.45) is 14.3. The molecule has 0 bridgehead atoms. The first kappa shape index (κ1) is 24.4. The van der Waals surface area contributed by atoms with Crippen LogP contribution in [0, 0.1) is 5.92 Å². The molecule has 0 fully saturated rings. The largest absolute Gasteiger partial charge is 3.00 e. The van der Waals surface area contributed by atoms with Crippen molar-refractivity contribution in [3.8, 4) is 0 Å². The van der Waals surface area contributed by atoms with Gasteiger partial charge >= 0.3 is 26.2 Å². The van der Waals surface area contributed by atoms with Gasteiger partial charge in [-0.1, -0.05) is 85.7 Å². The number of halogens is 2. The van der Waals surface area contributed by atoms with Crippen molar-refractivity contribution in [1.82, 2.24) is 0 Å². The average Bonchev–Trinajstić information content (AvgIpc) is 3.22. The molecule has 27 heavy (non-hydrogen) atoms. The van der Waals surface area contributed by atoms with E-state index in [1.165, 1.54) is 47.9 Å². The predicted octanol–water partition coefficient (Wildman–Crippen LogP) is 0.768. The molecule has 2 aromatic carbocycles. The number of allylic oxidation sites excluding steroid dienone is 2. The minimum atomic E-state index is 0. The molecule has 0 spiro atoms. The first-order valence-corrected chi connectivity index (χ1v) is 9.17. The zero-order valence-electron chi connectivity index (χ0n) is 15.7. The summed E-state index contributed by atoms with van der Waals surface area (Å²) in [7, 11) is 0. The molecule has 139 valence electrons. The minimum Gasteiger partial charge on any atom is -1.00 e. The number of rotatable bonds is 6. The van der Waals surface area contributed by atoms with Crippen molar-refractivity contribution in [3.63, 3.8) is 0 Å². The standard InChI is InChI=1S/C24H25.2ClH.Zr/c1-18(10-12-21-16-14-19-6-2-4-8-23(19)21)11-13-22-17-15-20-7-3-5-9-24(20)22;;;/h2-9,14-17,21-22H,10-13H2,1H3;2*1H;/q-1;;;+3/p-2. The van der Waals surface area contributed by atoms with E-state index in [0.29, 0.717) is 11.8 Å². The molecule has 0 aromatic heterocycles. The van der Waals surface area contributed by atoms with Crippen molar-refractivity contribution >= 4 is 12.2 Å². The third kappa shape index (κ3) is 5.69. The molecule has 0 saturated heterocycles. The Morgan fingerprint density at radius 3 is 1.56 bits per heavy atom. The fraction of sp³-hybridized carbons (Fsp3) is 0.292. The van der Waals surface area contributed by atoms with Crippen molar-refractivity contribution < 1.29 is 51.0 Å². The van der Waals surface area contributed by atoms with Gasteiger partial charge in [0.05, 0.1) is 0 Å². The van der Waals surface area contributed by atoms with Gasteiger partial charge in [0.25, 0.3) is 0 Å². The van der Waals surface area contributed by atoms with E-state index in [0.717, 1.165) is 0 Å². The summed E-state index contributed by atoms with van der Waals surface area (Å²) in [4.78, 5) is 0. The van der Waals surface area contributed by atoms with E-state index in [-0.39, 0.29) is 51.0 Å². The van der Waals surface area contributed by atoms with Gasteiger partial charge in [-0.05, 0) is 22.3 Å². The van der Waals surface area contributed by atoms with Crippen molar-refractivity contribution in [2.75, 3.05) is 0 Å². The Labute approximate surface area is 195 Å². The predicted molar refractivity (Wildman–Crippen MR) is 104 cm³/mol. The molecule has 2 aliphatic rings. The molecule has 0 nitrogen and oxygen atoms in total. The Balaban J connectivity index is 0.00000121. The van der Waals surface area contributed by atoms with E-state index in [1.807, 2.05) is 0 Å². The summed E-state index contributed by atoms with van der Waals surface area (Å²) < 4.78 is 0. The third-order valence-corrected chi connectivity index (χ3v) is 5.57. The van der Waals surface area contributed by atoms with Gasteiger partial charge in [0.2, 0.25) is 0 Å². The number of hydrogen-bond donors (Lipinski definition) is 0. The second kappa shape index (κ2) is 11.4. The first-order valence-electron chi connectivity index (χ1n) is 9.17. The van der Waals surface area contributed by atoms with E-state index in [9.17, 15) is 0 Å². The van der Waals surface area contributed by atoms with Gasteiger partial charge in [0.1, 0.15) is 0 Å². The van der Waals surface area contributed by atoms with Crippen LogP contribution in [-0.2, 0) is 26.2 Å². The van der Waals surface area contributed by atoms with E-state index < -0.39 is 0 Å². The smallest absolute Gasteiger partial charge is 1.00 e. The van der Waals surface area contributed by atoms with Crippen molar-refractivity contribution in [2.45, 2.75) is 44.4 Å². The van der Waals surface area contributed by atoms with Crippen LogP contribution in [-0.4, -0.2) is 0 Å². The van der Waals surface area contributed by atoms with E-state index in [2.05, 4.69) is 79.8 Å². The second-order valence-electron chi connectivity index (χ2n) is 7.22. The Hall–Kier alpha value is -0.617. The summed E-state index contributed by atoms with van der Waals surface area (Å²) >= 11 is 0. The summed E-state index contributed by atoms with van der Waals surface area (Å²) in [5, 5.41) is 0. The van der Waals surface area contributed by atoms with E-state index in [4.69, 9.17) is 0 Å². The van der Waals surface area contributed by atoms with Gasteiger partial charge in [-0.25, -0.2) is 0 Å². The SMILES string of the molecule is C[C-](CCC1C=Cc2ccccc21)CCC1C=Cc2ccccc21.[Cl-].[Cl-].[Zr+3]. The zero-order valence-corrected chi connectivity index (χ0v) is 19.6. The van der Waals surface area contributed by atoms with E-state index >= 15 is 0 Å². The summed E-state index contributed by atoms with van der Waals surface area (Å²) in [5.74, 6) is 2.87. The number of benzene rings is 2. The first-order chi connectivity index (χ1) is 11.8. The van der Waals surface area contributed by atoms with Crippen LogP contribution in [0.3, 0.4) is 0 Å². The molecular formula is C24H25Cl2Zr. The van der Waals surface area contributed by atoms with Crippen LogP contribution >= 0.6 is 0 Å². The maximum Gasteiger partial charge on any atom is 3.00 e.